The van der Waals surface area contributed by atoms with E-state index in [0.29, 0.717) is 0 Å². The number of nitrogens with zero attached hydrogens (tertiary/aromatic N) is 3. The Bertz CT molecular complexity index is 824. The van der Waals surface area contributed by atoms with E-state index in [1.807, 2.05) is 24.4 Å². The zero-order chi connectivity index (χ0) is 16.4. The number of hydrogen-bond donors (Lipinski definition) is 0. The number of rotatable bonds is 3. The largest absolute Gasteiger partial charge is 0.369 e. The van der Waals surface area contributed by atoms with Gasteiger partial charge < -0.3 is 4.90 Å². The summed E-state index contributed by atoms with van der Waals surface area (Å²) in [7, 11) is 0. The molecule has 1 saturated heterocycles. The second-order valence-corrected chi connectivity index (χ2v) is 6.71. The Balaban J connectivity index is 1.39. The molecule has 2 aromatic carbocycles. The molecule has 2 heterocycles. The van der Waals surface area contributed by atoms with Crippen LogP contribution in [-0.4, -0.2) is 36.1 Å². The molecule has 0 radical (unpaired) electrons. The van der Waals surface area contributed by atoms with E-state index in [2.05, 4.69) is 51.2 Å². The number of halogens is 1. The van der Waals surface area contributed by atoms with Crippen LogP contribution in [0, 0.1) is 0 Å². The van der Waals surface area contributed by atoms with E-state index in [9.17, 15) is 0 Å². The topological polar surface area (TPSA) is 19.4 Å². The summed E-state index contributed by atoms with van der Waals surface area (Å²) in [6.45, 7) is 5.18. The van der Waals surface area contributed by atoms with Gasteiger partial charge in [-0.25, -0.2) is 0 Å². The van der Waals surface area contributed by atoms with Crippen LogP contribution in [0.3, 0.4) is 0 Å². The molecule has 0 spiro atoms. The maximum atomic E-state index is 5.97. The maximum absolute atomic E-state index is 5.97. The molecule has 1 aliphatic rings. The van der Waals surface area contributed by atoms with Crippen LogP contribution < -0.4 is 4.90 Å². The van der Waals surface area contributed by atoms with Gasteiger partial charge in [0.05, 0.1) is 5.52 Å². The smallest absolute Gasteiger partial charge is 0.0702 e. The number of fused-ring (bicyclic) bond motifs is 1. The molecule has 24 heavy (non-hydrogen) atoms. The average Bonchev–Trinajstić information content (AvgIpc) is 2.63. The van der Waals surface area contributed by atoms with Crippen LogP contribution >= 0.6 is 11.6 Å². The Morgan fingerprint density at radius 2 is 1.67 bits per heavy atom. The monoisotopic (exact) mass is 337 g/mol. The Kier molecular flexibility index (Phi) is 4.37. The quantitative estimate of drug-likeness (QED) is 0.713. The second-order valence-electron chi connectivity index (χ2n) is 6.28. The zero-order valence-electron chi connectivity index (χ0n) is 13.5. The molecule has 1 aliphatic heterocycles. The molecule has 0 saturated carbocycles. The minimum Gasteiger partial charge on any atom is -0.369 e. The molecule has 3 aromatic rings. The highest BCUT2D eigenvalue weighted by atomic mass is 35.5. The van der Waals surface area contributed by atoms with Crippen molar-refractivity contribution in [2.24, 2.45) is 0 Å². The van der Waals surface area contributed by atoms with E-state index in [-0.39, 0.29) is 0 Å². The van der Waals surface area contributed by atoms with Gasteiger partial charge in [-0.15, -0.1) is 0 Å². The molecule has 122 valence electrons. The molecule has 0 amide bonds. The molecule has 1 aromatic heterocycles. The first-order chi connectivity index (χ1) is 11.8. The van der Waals surface area contributed by atoms with Crippen LogP contribution in [0.2, 0.25) is 5.02 Å². The van der Waals surface area contributed by atoms with Gasteiger partial charge in [-0.1, -0.05) is 29.8 Å². The molecular weight excluding hydrogens is 318 g/mol. The summed E-state index contributed by atoms with van der Waals surface area (Å²) in [5, 5.41) is 2.01. The van der Waals surface area contributed by atoms with Crippen LogP contribution in [0.25, 0.3) is 10.9 Å². The fourth-order valence-electron chi connectivity index (χ4n) is 3.28. The molecule has 0 aliphatic carbocycles. The number of piperazine rings is 1. The Labute approximate surface area is 147 Å². The Morgan fingerprint density at radius 1 is 0.917 bits per heavy atom. The summed E-state index contributed by atoms with van der Waals surface area (Å²) in [5.74, 6) is 0. The zero-order valence-corrected chi connectivity index (χ0v) is 14.3. The highest BCUT2D eigenvalue weighted by Gasteiger charge is 2.17. The number of hydrogen-bond acceptors (Lipinski definition) is 3. The summed E-state index contributed by atoms with van der Waals surface area (Å²) < 4.78 is 0. The summed E-state index contributed by atoms with van der Waals surface area (Å²) >= 11 is 5.97. The van der Waals surface area contributed by atoms with Crippen LogP contribution in [0.4, 0.5) is 5.69 Å². The van der Waals surface area contributed by atoms with Gasteiger partial charge in [0, 0.05) is 55.0 Å². The Hall–Kier alpha value is -2.10. The molecule has 0 N–H and O–H groups in total. The number of benzene rings is 2. The molecule has 1 fully saturated rings. The number of pyridine rings is 1. The summed E-state index contributed by atoms with van der Waals surface area (Å²) in [6, 6.07) is 18.7. The fourth-order valence-corrected chi connectivity index (χ4v) is 3.40. The summed E-state index contributed by atoms with van der Waals surface area (Å²) in [5.41, 5.74) is 3.61. The Morgan fingerprint density at radius 3 is 2.46 bits per heavy atom. The van der Waals surface area contributed by atoms with Crippen molar-refractivity contribution in [1.82, 2.24) is 9.88 Å². The van der Waals surface area contributed by atoms with Crippen molar-refractivity contribution in [1.29, 1.82) is 0 Å². The van der Waals surface area contributed by atoms with Gasteiger partial charge in [-0.3, -0.25) is 9.88 Å². The maximum Gasteiger partial charge on any atom is 0.0702 e. The predicted molar refractivity (Wildman–Crippen MR) is 101 cm³/mol. The van der Waals surface area contributed by atoms with Crippen molar-refractivity contribution in [3.05, 3.63) is 71.4 Å². The van der Waals surface area contributed by atoms with Crippen molar-refractivity contribution >= 4 is 28.2 Å². The highest BCUT2D eigenvalue weighted by molar-refractivity contribution is 6.30. The minimum atomic E-state index is 0.793. The van der Waals surface area contributed by atoms with Gasteiger partial charge in [0.1, 0.15) is 0 Å². The number of para-hydroxylation sites is 1. The van der Waals surface area contributed by atoms with Crippen LogP contribution in [0.1, 0.15) is 5.56 Å². The normalized spacial score (nSPS) is 15.8. The van der Waals surface area contributed by atoms with Gasteiger partial charge in [-0.2, -0.15) is 0 Å². The lowest BCUT2D eigenvalue weighted by atomic mass is 10.1. The van der Waals surface area contributed by atoms with Gasteiger partial charge in [0.2, 0.25) is 0 Å². The average molecular weight is 338 g/mol. The van der Waals surface area contributed by atoms with Gasteiger partial charge in [0.15, 0.2) is 0 Å². The van der Waals surface area contributed by atoms with Crippen molar-refractivity contribution in [3.8, 4) is 0 Å². The summed E-state index contributed by atoms with van der Waals surface area (Å²) in [4.78, 5) is 9.49. The molecule has 4 rings (SSSR count). The lowest BCUT2D eigenvalue weighted by molar-refractivity contribution is 0.250. The van der Waals surface area contributed by atoms with E-state index in [1.165, 1.54) is 16.6 Å². The van der Waals surface area contributed by atoms with Crippen LogP contribution in [0.5, 0.6) is 0 Å². The number of anilines is 1. The van der Waals surface area contributed by atoms with Crippen LogP contribution in [-0.2, 0) is 6.54 Å². The first kappa shape index (κ1) is 15.4. The van der Waals surface area contributed by atoms with Crippen LogP contribution in [0.15, 0.2) is 60.8 Å². The first-order valence-electron chi connectivity index (χ1n) is 8.34. The van der Waals surface area contributed by atoms with Crippen molar-refractivity contribution < 1.29 is 0 Å². The molecule has 4 heteroatoms. The first-order valence-corrected chi connectivity index (χ1v) is 8.72. The van der Waals surface area contributed by atoms with E-state index in [0.717, 1.165) is 43.3 Å². The molecule has 3 nitrogen and oxygen atoms in total. The summed E-state index contributed by atoms with van der Waals surface area (Å²) in [6.07, 6.45) is 2.01. The number of aromatic nitrogens is 1. The van der Waals surface area contributed by atoms with Crippen molar-refractivity contribution in [3.63, 3.8) is 0 Å². The van der Waals surface area contributed by atoms with Gasteiger partial charge in [-0.05, 0) is 42.0 Å². The molecular formula is C20H20ClN3. The van der Waals surface area contributed by atoms with Gasteiger partial charge >= 0.3 is 0 Å². The van der Waals surface area contributed by atoms with Crippen molar-refractivity contribution in [2.45, 2.75) is 6.54 Å². The minimum absolute atomic E-state index is 0.793. The van der Waals surface area contributed by atoms with E-state index >= 15 is 0 Å². The lowest BCUT2D eigenvalue weighted by Gasteiger charge is -2.36. The third-order valence-corrected chi connectivity index (χ3v) is 4.87. The van der Waals surface area contributed by atoms with Gasteiger partial charge in [0.25, 0.3) is 0 Å². The standard InChI is InChI=1S/C20H20ClN3/c21-18-5-7-19(8-6-18)24-11-9-23(10-12-24)15-16-13-17-3-1-2-4-20(17)22-14-16/h1-8,13-14H,9-12,15H2. The molecule has 0 bridgehead atoms. The molecule has 0 unspecified atom stereocenters. The fraction of sp³-hybridized carbons (Fsp3) is 0.250. The van der Waals surface area contributed by atoms with E-state index in [1.54, 1.807) is 0 Å². The second kappa shape index (κ2) is 6.80. The lowest BCUT2D eigenvalue weighted by Crippen LogP contribution is -2.45. The SMILES string of the molecule is Clc1ccc(N2CCN(Cc3cnc4ccccc4c3)CC2)cc1. The predicted octanol–water partition coefficient (Wildman–Crippen LogP) is 4.21. The van der Waals surface area contributed by atoms with E-state index < -0.39 is 0 Å². The third-order valence-electron chi connectivity index (χ3n) is 4.62. The third kappa shape index (κ3) is 3.37. The molecule has 0 atom stereocenters. The highest BCUT2D eigenvalue weighted by Crippen LogP contribution is 2.20. The van der Waals surface area contributed by atoms with E-state index in [4.69, 9.17) is 11.6 Å². The van der Waals surface area contributed by atoms with Crippen molar-refractivity contribution in [2.75, 3.05) is 31.1 Å².